The Balaban J connectivity index is 2.12. The first-order chi connectivity index (χ1) is 13.4. The van der Waals surface area contributed by atoms with Crippen LogP contribution in [-0.2, 0) is 28.9 Å². The van der Waals surface area contributed by atoms with Crippen molar-refractivity contribution in [1.82, 2.24) is 4.90 Å². The second kappa shape index (κ2) is 7.07. The summed E-state index contributed by atoms with van der Waals surface area (Å²) >= 11 is 0. The number of amides is 1. The zero-order chi connectivity index (χ0) is 21.7. The van der Waals surface area contributed by atoms with E-state index in [1.165, 1.54) is 26.2 Å². The van der Waals surface area contributed by atoms with Gasteiger partial charge >= 0.3 is 5.97 Å². The lowest BCUT2D eigenvalue weighted by atomic mass is 9.85. The minimum absolute atomic E-state index is 0.00774. The Morgan fingerprint density at radius 1 is 1.10 bits per heavy atom. The van der Waals surface area contributed by atoms with Gasteiger partial charge in [-0.15, -0.1) is 0 Å². The number of Topliss-reactive ketones (excluding diaryl/α,β-unsaturated/α-hetero) is 1. The van der Waals surface area contributed by atoms with Gasteiger partial charge in [0.15, 0.2) is 17.3 Å². The summed E-state index contributed by atoms with van der Waals surface area (Å²) in [7, 11) is -2.98. The average molecular weight is 421 g/mol. The van der Waals surface area contributed by atoms with E-state index in [1.54, 1.807) is 39.0 Å². The Bertz CT molecular complexity index is 1010. The molecule has 1 aromatic rings. The Morgan fingerprint density at radius 3 is 2.21 bits per heavy atom. The molecule has 0 spiro atoms. The second-order valence-corrected chi connectivity index (χ2v) is 10.1. The Labute approximate surface area is 169 Å². The lowest BCUT2D eigenvalue weighted by Crippen LogP contribution is -2.72. The molecule has 1 amide bonds. The zero-order valence-corrected chi connectivity index (χ0v) is 17.6. The van der Waals surface area contributed by atoms with Crippen molar-refractivity contribution < 1.29 is 32.3 Å². The Kier molecular flexibility index (Phi) is 5.17. The molecule has 3 rings (SSSR count). The fourth-order valence-electron chi connectivity index (χ4n) is 3.42. The highest BCUT2D eigenvalue weighted by molar-refractivity contribution is 7.93. The lowest BCUT2D eigenvalue weighted by molar-refractivity contribution is -0.161. The number of methoxy groups -OCH3 is 1. The molecule has 1 unspecified atom stereocenters. The molecule has 156 valence electrons. The molecule has 1 fully saturated rings. The van der Waals surface area contributed by atoms with Crippen LogP contribution < -0.4 is 0 Å². The third-order valence-corrected chi connectivity index (χ3v) is 7.15. The van der Waals surface area contributed by atoms with Crippen LogP contribution in [0.1, 0.15) is 38.1 Å². The predicted octanol–water partition coefficient (Wildman–Crippen LogP) is 1.67. The van der Waals surface area contributed by atoms with Crippen molar-refractivity contribution in [2.24, 2.45) is 5.41 Å². The number of ether oxygens (including phenoxy) is 2. The third-order valence-electron chi connectivity index (χ3n) is 4.97. The number of ketones is 1. The molecule has 0 aromatic heterocycles. The number of rotatable bonds is 4. The van der Waals surface area contributed by atoms with Gasteiger partial charge < -0.3 is 9.47 Å². The van der Waals surface area contributed by atoms with Gasteiger partial charge in [-0.05, 0) is 19.1 Å². The highest BCUT2D eigenvalue weighted by Crippen LogP contribution is 2.43. The number of benzene rings is 1. The topological polar surface area (TPSA) is 107 Å². The quantitative estimate of drug-likeness (QED) is 0.538. The van der Waals surface area contributed by atoms with E-state index in [1.807, 2.05) is 0 Å². The molecule has 0 aliphatic carbocycles. The first-order valence-corrected chi connectivity index (χ1v) is 10.6. The van der Waals surface area contributed by atoms with Crippen molar-refractivity contribution in [3.05, 3.63) is 47.2 Å². The zero-order valence-electron chi connectivity index (χ0n) is 16.8. The molecule has 1 saturated heterocycles. The summed E-state index contributed by atoms with van der Waals surface area (Å²) in [4.78, 5) is 39.0. The number of carbonyl (C=O) groups excluding carboxylic acids is 3. The van der Waals surface area contributed by atoms with Gasteiger partial charge in [0.2, 0.25) is 15.3 Å². The molecule has 3 atom stereocenters. The lowest BCUT2D eigenvalue weighted by Gasteiger charge is -2.50. The van der Waals surface area contributed by atoms with Crippen molar-refractivity contribution in [3.8, 4) is 0 Å². The van der Waals surface area contributed by atoms with Crippen LogP contribution in [0.15, 0.2) is 41.6 Å². The molecule has 29 heavy (non-hydrogen) atoms. The number of hydrogen-bond donors (Lipinski definition) is 0. The molecule has 1 aromatic carbocycles. The van der Waals surface area contributed by atoms with Gasteiger partial charge in [-0.1, -0.05) is 39.0 Å². The largest absolute Gasteiger partial charge is 0.438 e. The van der Waals surface area contributed by atoms with Crippen LogP contribution in [0.5, 0.6) is 0 Å². The summed E-state index contributed by atoms with van der Waals surface area (Å²) in [5, 5.41) is -1.42. The summed E-state index contributed by atoms with van der Waals surface area (Å²) in [5.74, 6) is -1.87. The maximum Gasteiger partial charge on any atom is 0.339 e. The smallest absolute Gasteiger partial charge is 0.339 e. The maximum absolute atomic E-state index is 13.2. The molecular weight excluding hydrogens is 398 g/mol. The van der Waals surface area contributed by atoms with Crippen LogP contribution in [0.4, 0.5) is 0 Å². The fraction of sp³-hybridized carbons (Fsp3) is 0.450. The molecule has 0 radical (unpaired) electrons. The monoisotopic (exact) mass is 421 g/mol. The molecule has 2 heterocycles. The van der Waals surface area contributed by atoms with E-state index in [2.05, 4.69) is 0 Å². The Morgan fingerprint density at radius 2 is 1.69 bits per heavy atom. The normalized spacial score (nSPS) is 25.9. The van der Waals surface area contributed by atoms with Crippen LogP contribution in [0.2, 0.25) is 0 Å². The summed E-state index contributed by atoms with van der Waals surface area (Å²) in [6.07, 6.45) is -1.26. The highest BCUT2D eigenvalue weighted by Gasteiger charge is 2.64. The molecule has 0 saturated carbocycles. The van der Waals surface area contributed by atoms with Gasteiger partial charge in [0.1, 0.15) is 0 Å². The molecule has 0 bridgehead atoms. The first kappa shape index (κ1) is 21.2. The van der Waals surface area contributed by atoms with Crippen molar-refractivity contribution in [2.75, 3.05) is 7.11 Å². The molecule has 8 nitrogen and oxygen atoms in total. The van der Waals surface area contributed by atoms with Crippen LogP contribution in [0.3, 0.4) is 0 Å². The Hall–Kier alpha value is -2.52. The first-order valence-electron chi connectivity index (χ1n) is 9.03. The number of hydrogen-bond acceptors (Lipinski definition) is 7. The van der Waals surface area contributed by atoms with Gasteiger partial charge in [-0.2, -0.15) is 0 Å². The fourth-order valence-corrected chi connectivity index (χ4v) is 5.58. The van der Waals surface area contributed by atoms with Crippen LogP contribution in [-0.4, -0.2) is 55.0 Å². The van der Waals surface area contributed by atoms with Crippen molar-refractivity contribution in [2.45, 2.75) is 44.6 Å². The van der Waals surface area contributed by atoms with E-state index in [-0.39, 0.29) is 16.8 Å². The van der Waals surface area contributed by atoms with Crippen molar-refractivity contribution in [1.29, 1.82) is 0 Å². The number of carbonyl (C=O) groups is 3. The molecule has 9 heteroatoms. The molecule has 2 aliphatic heterocycles. The van der Waals surface area contributed by atoms with E-state index in [0.717, 1.165) is 4.90 Å². The van der Waals surface area contributed by atoms with Crippen LogP contribution >= 0.6 is 0 Å². The number of allylic oxidation sites excluding steroid dienone is 1. The van der Waals surface area contributed by atoms with Crippen molar-refractivity contribution in [3.63, 3.8) is 0 Å². The predicted molar refractivity (Wildman–Crippen MR) is 103 cm³/mol. The number of nitrogens with zero attached hydrogens (tertiary/aromatic N) is 1. The van der Waals surface area contributed by atoms with Gasteiger partial charge in [0.05, 0.1) is 11.3 Å². The van der Waals surface area contributed by atoms with E-state index < -0.39 is 49.8 Å². The van der Waals surface area contributed by atoms with Crippen LogP contribution in [0, 0.1) is 5.41 Å². The average Bonchev–Trinajstić information content (AvgIpc) is 2.65. The summed E-state index contributed by atoms with van der Waals surface area (Å²) in [5.41, 5.74) is -2.44. The standard InChI is InChI=1S/C20H23NO7S/c1-11-13(15(22)20(2,3)4)21-16(23)14(27-5)17(21)29(25,26)19(11)28-18(24)12-9-7-6-8-10-12/h6-10,14,17,19H,1-5H3/t14-,17-,19?/m1/s1. The van der Waals surface area contributed by atoms with Gasteiger partial charge in [0.25, 0.3) is 5.91 Å². The number of esters is 1. The summed E-state index contributed by atoms with van der Waals surface area (Å²) in [6, 6.07) is 7.94. The van der Waals surface area contributed by atoms with E-state index in [9.17, 15) is 22.8 Å². The summed E-state index contributed by atoms with van der Waals surface area (Å²) in [6.45, 7) is 6.38. The molecular formula is C20H23NO7S. The van der Waals surface area contributed by atoms with Crippen molar-refractivity contribution >= 4 is 27.5 Å². The van der Waals surface area contributed by atoms with Gasteiger partial charge in [0, 0.05) is 18.1 Å². The second-order valence-electron chi connectivity index (χ2n) is 8.06. The SMILES string of the molecule is CO[C@@H]1C(=O)N2C(C(=O)C(C)(C)C)=C(C)C(OC(=O)c3ccccc3)S(=O)(=O)[C@H]12. The highest BCUT2D eigenvalue weighted by atomic mass is 32.2. The summed E-state index contributed by atoms with van der Waals surface area (Å²) < 4.78 is 36.8. The number of sulfone groups is 1. The van der Waals surface area contributed by atoms with Crippen LogP contribution in [0.25, 0.3) is 0 Å². The van der Waals surface area contributed by atoms with Gasteiger partial charge in [-0.3, -0.25) is 14.5 Å². The minimum Gasteiger partial charge on any atom is -0.438 e. The maximum atomic E-state index is 13.2. The van der Waals surface area contributed by atoms with E-state index in [0.29, 0.717) is 0 Å². The minimum atomic E-state index is -4.20. The van der Waals surface area contributed by atoms with E-state index >= 15 is 0 Å². The number of fused-ring (bicyclic) bond motifs is 1. The van der Waals surface area contributed by atoms with Gasteiger partial charge in [-0.25, -0.2) is 13.2 Å². The van der Waals surface area contributed by atoms with E-state index in [4.69, 9.17) is 9.47 Å². The molecule has 2 aliphatic rings. The molecule has 0 N–H and O–H groups in total. The number of β-lactam (4-membered cyclic amide) rings is 1. The third kappa shape index (κ3) is 3.28.